The van der Waals surface area contributed by atoms with Gasteiger partial charge in [-0.15, -0.1) is 0 Å². The average molecular weight is 255 g/mol. The zero-order valence-corrected chi connectivity index (χ0v) is 12.6. The van der Waals surface area contributed by atoms with Gasteiger partial charge < -0.3 is 15.1 Å². The molecule has 1 heterocycles. The molecule has 0 aromatic carbocycles. The van der Waals surface area contributed by atoms with E-state index >= 15 is 0 Å². The van der Waals surface area contributed by atoms with Gasteiger partial charge in [0.05, 0.1) is 6.04 Å². The molecule has 1 aliphatic rings. The largest absolute Gasteiger partial charge is 0.347 e. The fraction of sp³-hybridized carbons (Fsp3) is 0.929. The van der Waals surface area contributed by atoms with Crippen molar-refractivity contribution in [2.45, 2.75) is 45.7 Å². The lowest BCUT2D eigenvalue weighted by Crippen LogP contribution is -2.50. The SMILES string of the molecule is CCN1CCCC(C(C)NC(C)C(=O)N(C)C)C1. The van der Waals surface area contributed by atoms with Crippen molar-refractivity contribution in [3.8, 4) is 0 Å². The lowest BCUT2D eigenvalue weighted by Gasteiger charge is -2.36. The van der Waals surface area contributed by atoms with Crippen molar-refractivity contribution in [2.75, 3.05) is 33.7 Å². The highest BCUT2D eigenvalue weighted by atomic mass is 16.2. The van der Waals surface area contributed by atoms with Gasteiger partial charge in [-0.1, -0.05) is 6.92 Å². The number of amides is 1. The van der Waals surface area contributed by atoms with E-state index in [1.807, 2.05) is 21.0 Å². The summed E-state index contributed by atoms with van der Waals surface area (Å²) in [5, 5.41) is 3.46. The molecule has 4 nitrogen and oxygen atoms in total. The number of likely N-dealkylation sites (tertiary alicyclic amines) is 1. The van der Waals surface area contributed by atoms with Gasteiger partial charge in [-0.25, -0.2) is 0 Å². The van der Waals surface area contributed by atoms with Crippen molar-refractivity contribution in [3.05, 3.63) is 0 Å². The predicted octanol–water partition coefficient (Wildman–Crippen LogP) is 1.17. The van der Waals surface area contributed by atoms with E-state index in [4.69, 9.17) is 0 Å². The highest BCUT2D eigenvalue weighted by molar-refractivity contribution is 5.80. The summed E-state index contributed by atoms with van der Waals surface area (Å²) in [5.74, 6) is 0.820. The number of likely N-dealkylation sites (N-methyl/N-ethyl adjacent to an activating group) is 1. The summed E-state index contributed by atoms with van der Waals surface area (Å²) in [6.07, 6.45) is 2.55. The standard InChI is InChI=1S/C14H29N3O/c1-6-17-9-7-8-13(10-17)11(2)15-12(3)14(18)16(4)5/h11-13,15H,6-10H2,1-5H3. The molecule has 3 atom stereocenters. The van der Waals surface area contributed by atoms with Crippen LogP contribution in [-0.2, 0) is 4.79 Å². The van der Waals surface area contributed by atoms with Crippen LogP contribution in [0.4, 0.5) is 0 Å². The lowest BCUT2D eigenvalue weighted by molar-refractivity contribution is -0.130. The number of nitrogens with one attached hydrogen (secondary N) is 1. The molecule has 0 aromatic rings. The second kappa shape index (κ2) is 7.10. The molecular weight excluding hydrogens is 226 g/mol. The first-order chi connectivity index (χ1) is 8.45. The van der Waals surface area contributed by atoms with Crippen molar-refractivity contribution < 1.29 is 4.79 Å². The van der Waals surface area contributed by atoms with Gasteiger partial charge in [-0.05, 0) is 45.7 Å². The van der Waals surface area contributed by atoms with Crippen LogP contribution in [0, 0.1) is 5.92 Å². The molecule has 1 amide bonds. The van der Waals surface area contributed by atoms with Crippen LogP contribution in [0.2, 0.25) is 0 Å². The second-order valence-corrected chi connectivity index (χ2v) is 5.71. The smallest absolute Gasteiger partial charge is 0.238 e. The first kappa shape index (κ1) is 15.4. The summed E-state index contributed by atoms with van der Waals surface area (Å²) in [7, 11) is 3.62. The van der Waals surface area contributed by atoms with Gasteiger partial charge in [-0.3, -0.25) is 4.79 Å². The molecule has 0 saturated carbocycles. The molecule has 1 rings (SSSR count). The minimum Gasteiger partial charge on any atom is -0.347 e. The van der Waals surface area contributed by atoms with Crippen LogP contribution in [0.1, 0.15) is 33.6 Å². The van der Waals surface area contributed by atoms with Gasteiger partial charge >= 0.3 is 0 Å². The summed E-state index contributed by atoms with van der Waals surface area (Å²) in [6, 6.07) is 0.310. The molecule has 1 fully saturated rings. The van der Waals surface area contributed by atoms with Crippen molar-refractivity contribution in [1.82, 2.24) is 15.1 Å². The highest BCUT2D eigenvalue weighted by Crippen LogP contribution is 2.19. The van der Waals surface area contributed by atoms with Crippen molar-refractivity contribution in [3.63, 3.8) is 0 Å². The third-order valence-electron chi connectivity index (χ3n) is 4.02. The molecule has 0 bridgehead atoms. The molecule has 1 N–H and O–H groups in total. The summed E-state index contributed by atoms with van der Waals surface area (Å²) in [5.41, 5.74) is 0. The summed E-state index contributed by atoms with van der Waals surface area (Å²) >= 11 is 0. The normalized spacial score (nSPS) is 24.6. The quantitative estimate of drug-likeness (QED) is 0.801. The van der Waals surface area contributed by atoms with Crippen molar-refractivity contribution >= 4 is 5.91 Å². The summed E-state index contributed by atoms with van der Waals surface area (Å²) in [6.45, 7) is 9.91. The molecule has 3 unspecified atom stereocenters. The molecule has 0 radical (unpaired) electrons. The van der Waals surface area contributed by atoms with E-state index in [2.05, 4.69) is 24.1 Å². The first-order valence-corrected chi connectivity index (χ1v) is 7.15. The molecule has 0 aliphatic carbocycles. The number of nitrogens with zero attached hydrogens (tertiary/aromatic N) is 2. The molecule has 18 heavy (non-hydrogen) atoms. The highest BCUT2D eigenvalue weighted by Gasteiger charge is 2.26. The van der Waals surface area contributed by atoms with Crippen LogP contribution >= 0.6 is 0 Å². The van der Waals surface area contributed by atoms with Crippen LogP contribution in [0.15, 0.2) is 0 Å². The Hall–Kier alpha value is -0.610. The van der Waals surface area contributed by atoms with Gasteiger partial charge in [0.15, 0.2) is 0 Å². The first-order valence-electron chi connectivity index (χ1n) is 7.15. The Kier molecular flexibility index (Phi) is 6.09. The minimum atomic E-state index is -0.0907. The van der Waals surface area contributed by atoms with E-state index in [-0.39, 0.29) is 11.9 Å². The number of carbonyl (C=O) groups is 1. The minimum absolute atomic E-state index is 0.0907. The zero-order chi connectivity index (χ0) is 13.7. The van der Waals surface area contributed by atoms with Crippen LogP contribution in [0.3, 0.4) is 0 Å². The Balaban J connectivity index is 2.44. The third kappa shape index (κ3) is 4.25. The van der Waals surface area contributed by atoms with E-state index in [0.29, 0.717) is 12.0 Å². The topological polar surface area (TPSA) is 35.6 Å². The van der Waals surface area contributed by atoms with Crippen LogP contribution < -0.4 is 5.32 Å². The summed E-state index contributed by atoms with van der Waals surface area (Å²) in [4.78, 5) is 16.0. The number of hydrogen-bond donors (Lipinski definition) is 1. The van der Waals surface area contributed by atoms with Crippen LogP contribution in [0.25, 0.3) is 0 Å². The van der Waals surface area contributed by atoms with E-state index in [1.165, 1.54) is 19.4 Å². The Morgan fingerprint density at radius 2 is 2.11 bits per heavy atom. The van der Waals surface area contributed by atoms with Gasteiger partial charge in [0.2, 0.25) is 5.91 Å². The number of hydrogen-bond acceptors (Lipinski definition) is 3. The van der Waals surface area contributed by atoms with E-state index < -0.39 is 0 Å². The van der Waals surface area contributed by atoms with Gasteiger partial charge in [0.1, 0.15) is 0 Å². The Morgan fingerprint density at radius 1 is 1.44 bits per heavy atom. The van der Waals surface area contributed by atoms with Crippen LogP contribution in [0.5, 0.6) is 0 Å². The number of carbonyl (C=O) groups excluding carboxylic acids is 1. The van der Waals surface area contributed by atoms with E-state index in [0.717, 1.165) is 13.1 Å². The maximum Gasteiger partial charge on any atom is 0.238 e. The van der Waals surface area contributed by atoms with Gasteiger partial charge in [0, 0.05) is 26.7 Å². The van der Waals surface area contributed by atoms with Crippen molar-refractivity contribution in [1.29, 1.82) is 0 Å². The predicted molar refractivity (Wildman–Crippen MR) is 75.6 cm³/mol. The maximum absolute atomic E-state index is 11.8. The number of piperidine rings is 1. The Labute approximate surface area is 112 Å². The molecule has 4 heteroatoms. The van der Waals surface area contributed by atoms with E-state index in [1.54, 1.807) is 4.90 Å². The monoisotopic (exact) mass is 255 g/mol. The maximum atomic E-state index is 11.8. The molecule has 1 aliphatic heterocycles. The van der Waals surface area contributed by atoms with Crippen LogP contribution in [-0.4, -0.2) is 61.5 Å². The molecule has 106 valence electrons. The van der Waals surface area contributed by atoms with Gasteiger partial charge in [-0.2, -0.15) is 0 Å². The second-order valence-electron chi connectivity index (χ2n) is 5.71. The number of rotatable bonds is 5. The fourth-order valence-electron chi connectivity index (χ4n) is 2.78. The average Bonchev–Trinajstić information content (AvgIpc) is 2.37. The summed E-state index contributed by atoms with van der Waals surface area (Å²) < 4.78 is 0. The zero-order valence-electron chi connectivity index (χ0n) is 12.6. The van der Waals surface area contributed by atoms with Crippen molar-refractivity contribution in [2.24, 2.45) is 5.92 Å². The van der Waals surface area contributed by atoms with E-state index in [9.17, 15) is 4.79 Å². The molecule has 0 spiro atoms. The fourth-order valence-corrected chi connectivity index (χ4v) is 2.78. The third-order valence-corrected chi connectivity index (χ3v) is 4.02. The van der Waals surface area contributed by atoms with Gasteiger partial charge in [0.25, 0.3) is 0 Å². The molecular formula is C14H29N3O. The Bertz CT molecular complexity index is 268. The Morgan fingerprint density at radius 3 is 2.67 bits per heavy atom. The molecule has 0 aromatic heterocycles. The molecule has 1 saturated heterocycles. The lowest BCUT2D eigenvalue weighted by atomic mass is 9.91.